The highest BCUT2D eigenvalue weighted by molar-refractivity contribution is 7.09. The molecular weight excluding hydrogens is 207 g/mol. The SMILES string of the molecule is CC(/C=C/C=C/CC1CC1CCO)OP. The maximum atomic E-state index is 8.75. The molecule has 0 saturated heterocycles. The predicted molar refractivity (Wildman–Crippen MR) is 66.5 cm³/mol. The van der Waals surface area contributed by atoms with Crippen LogP contribution in [0.4, 0.5) is 0 Å². The fraction of sp³-hybridized carbons (Fsp3) is 0.667. The van der Waals surface area contributed by atoms with Crippen molar-refractivity contribution in [3.05, 3.63) is 24.3 Å². The number of aliphatic hydroxyl groups excluding tert-OH is 1. The van der Waals surface area contributed by atoms with E-state index in [1.54, 1.807) is 0 Å². The van der Waals surface area contributed by atoms with Crippen molar-refractivity contribution in [2.45, 2.75) is 32.3 Å². The van der Waals surface area contributed by atoms with E-state index in [1.807, 2.05) is 19.1 Å². The van der Waals surface area contributed by atoms with Gasteiger partial charge in [-0.3, -0.25) is 0 Å². The molecular formula is C12H21O2P. The normalized spacial score (nSPS) is 27.7. The Hall–Kier alpha value is -0.170. The number of hydrogen-bond acceptors (Lipinski definition) is 2. The van der Waals surface area contributed by atoms with Gasteiger partial charge in [-0.1, -0.05) is 24.3 Å². The van der Waals surface area contributed by atoms with Crippen molar-refractivity contribution in [3.63, 3.8) is 0 Å². The summed E-state index contributed by atoms with van der Waals surface area (Å²) in [5, 5.41) is 8.75. The van der Waals surface area contributed by atoms with Crippen LogP contribution in [0.5, 0.6) is 0 Å². The molecule has 4 atom stereocenters. The lowest BCUT2D eigenvalue weighted by atomic mass is 10.2. The van der Waals surface area contributed by atoms with E-state index < -0.39 is 0 Å². The van der Waals surface area contributed by atoms with Gasteiger partial charge >= 0.3 is 0 Å². The monoisotopic (exact) mass is 228 g/mol. The van der Waals surface area contributed by atoms with Gasteiger partial charge in [-0.05, 0) is 38.0 Å². The van der Waals surface area contributed by atoms with Gasteiger partial charge in [-0.2, -0.15) is 0 Å². The number of rotatable bonds is 7. The van der Waals surface area contributed by atoms with Crippen LogP contribution >= 0.6 is 9.47 Å². The molecule has 0 bridgehead atoms. The highest BCUT2D eigenvalue weighted by Gasteiger charge is 2.34. The van der Waals surface area contributed by atoms with Crippen LogP contribution in [0.3, 0.4) is 0 Å². The smallest absolute Gasteiger partial charge is 0.0766 e. The summed E-state index contributed by atoms with van der Waals surface area (Å²) in [6, 6.07) is 0. The molecule has 86 valence electrons. The molecule has 1 aliphatic rings. The molecule has 0 aromatic carbocycles. The van der Waals surface area contributed by atoms with Crippen molar-refractivity contribution in [2.75, 3.05) is 6.61 Å². The summed E-state index contributed by atoms with van der Waals surface area (Å²) >= 11 is 0. The summed E-state index contributed by atoms with van der Waals surface area (Å²) in [6.45, 7) is 2.34. The van der Waals surface area contributed by atoms with E-state index in [4.69, 9.17) is 9.63 Å². The van der Waals surface area contributed by atoms with Gasteiger partial charge in [0.15, 0.2) is 0 Å². The summed E-state index contributed by atoms with van der Waals surface area (Å²) in [6.07, 6.45) is 11.9. The van der Waals surface area contributed by atoms with E-state index in [9.17, 15) is 0 Å². The van der Waals surface area contributed by atoms with Crippen molar-refractivity contribution in [1.29, 1.82) is 0 Å². The van der Waals surface area contributed by atoms with Crippen LogP contribution < -0.4 is 0 Å². The summed E-state index contributed by atoms with van der Waals surface area (Å²) in [5.74, 6) is 1.59. The van der Waals surface area contributed by atoms with E-state index in [-0.39, 0.29) is 6.10 Å². The lowest BCUT2D eigenvalue weighted by molar-refractivity contribution is 0.277. The second-order valence-corrected chi connectivity index (χ2v) is 4.43. The number of hydrogen-bond donors (Lipinski definition) is 1. The molecule has 0 radical (unpaired) electrons. The van der Waals surface area contributed by atoms with Crippen molar-refractivity contribution in [1.82, 2.24) is 0 Å². The number of allylic oxidation sites excluding steroid dienone is 3. The Bertz CT molecular complexity index is 226. The minimum Gasteiger partial charge on any atom is -0.396 e. The third kappa shape index (κ3) is 5.46. The van der Waals surface area contributed by atoms with Crippen LogP contribution in [0.2, 0.25) is 0 Å². The Morgan fingerprint density at radius 1 is 1.47 bits per heavy atom. The fourth-order valence-corrected chi connectivity index (χ4v) is 1.81. The van der Waals surface area contributed by atoms with Gasteiger partial charge in [-0.15, -0.1) is 0 Å². The van der Waals surface area contributed by atoms with Crippen molar-refractivity contribution in [2.24, 2.45) is 11.8 Å². The molecule has 4 unspecified atom stereocenters. The van der Waals surface area contributed by atoms with E-state index in [0.29, 0.717) is 6.61 Å². The molecule has 1 N–H and O–H groups in total. The Balaban J connectivity index is 2.05. The molecule has 0 spiro atoms. The topological polar surface area (TPSA) is 29.5 Å². The maximum absolute atomic E-state index is 8.75. The van der Waals surface area contributed by atoms with Crippen molar-refractivity contribution < 1.29 is 9.63 Å². The third-order valence-corrected chi connectivity index (χ3v) is 3.28. The summed E-state index contributed by atoms with van der Waals surface area (Å²) < 4.78 is 5.01. The minimum absolute atomic E-state index is 0.155. The maximum Gasteiger partial charge on any atom is 0.0766 e. The first kappa shape index (κ1) is 12.9. The number of aliphatic hydroxyl groups is 1. The van der Waals surface area contributed by atoms with Gasteiger partial charge in [0.1, 0.15) is 0 Å². The molecule has 0 heterocycles. The van der Waals surface area contributed by atoms with Crippen LogP contribution in [-0.4, -0.2) is 17.8 Å². The molecule has 0 aromatic heterocycles. The first-order chi connectivity index (χ1) is 7.27. The molecule has 1 aliphatic carbocycles. The third-order valence-electron chi connectivity index (χ3n) is 2.85. The van der Waals surface area contributed by atoms with Crippen LogP contribution in [0.25, 0.3) is 0 Å². The Morgan fingerprint density at radius 2 is 2.27 bits per heavy atom. The van der Waals surface area contributed by atoms with E-state index >= 15 is 0 Å². The summed E-state index contributed by atoms with van der Waals surface area (Å²) in [5.41, 5.74) is 0. The quantitative estimate of drug-likeness (QED) is 0.536. The average Bonchev–Trinajstić information content (AvgIpc) is 2.96. The van der Waals surface area contributed by atoms with Gasteiger partial charge < -0.3 is 9.63 Å². The summed E-state index contributed by atoms with van der Waals surface area (Å²) in [4.78, 5) is 0. The largest absolute Gasteiger partial charge is 0.396 e. The lowest BCUT2D eigenvalue weighted by Crippen LogP contribution is -1.93. The van der Waals surface area contributed by atoms with Gasteiger partial charge in [0.2, 0.25) is 0 Å². The summed E-state index contributed by atoms with van der Waals surface area (Å²) in [7, 11) is 2.26. The standard InChI is InChI=1S/C12H21O2P/c1-10(14-15)5-3-2-4-6-11-9-12(11)7-8-13/h2-5,10-13H,6-9,15H2,1H3/b4-2+,5-3+. The van der Waals surface area contributed by atoms with E-state index in [0.717, 1.165) is 24.7 Å². The second-order valence-electron chi connectivity index (χ2n) is 4.16. The van der Waals surface area contributed by atoms with Crippen LogP contribution in [-0.2, 0) is 4.52 Å². The zero-order valence-electron chi connectivity index (χ0n) is 9.30. The molecule has 0 aromatic rings. The first-order valence-corrected chi connectivity index (χ1v) is 6.04. The lowest BCUT2D eigenvalue weighted by Gasteiger charge is -1.99. The molecule has 0 aliphatic heterocycles. The zero-order valence-corrected chi connectivity index (χ0v) is 10.5. The van der Waals surface area contributed by atoms with E-state index in [2.05, 4.69) is 21.6 Å². The second kappa shape index (κ2) is 7.16. The molecule has 0 amide bonds. The zero-order chi connectivity index (χ0) is 11.1. The van der Waals surface area contributed by atoms with Gasteiger partial charge in [0.25, 0.3) is 0 Å². The van der Waals surface area contributed by atoms with E-state index in [1.165, 1.54) is 6.42 Å². The predicted octanol–water partition coefficient (Wildman–Crippen LogP) is 2.70. The minimum atomic E-state index is 0.155. The highest BCUT2D eigenvalue weighted by Crippen LogP contribution is 2.43. The Kier molecular flexibility index (Phi) is 6.16. The molecule has 15 heavy (non-hydrogen) atoms. The highest BCUT2D eigenvalue weighted by atomic mass is 31.0. The van der Waals surface area contributed by atoms with Crippen LogP contribution in [0.1, 0.15) is 26.2 Å². The average molecular weight is 228 g/mol. The molecule has 1 rings (SSSR count). The van der Waals surface area contributed by atoms with Crippen molar-refractivity contribution in [3.8, 4) is 0 Å². The van der Waals surface area contributed by atoms with Gasteiger partial charge in [0.05, 0.1) is 6.10 Å². The fourth-order valence-electron chi connectivity index (χ4n) is 1.72. The molecule has 1 saturated carbocycles. The van der Waals surface area contributed by atoms with Crippen molar-refractivity contribution >= 4 is 9.47 Å². The Labute approximate surface area is 94.7 Å². The van der Waals surface area contributed by atoms with Gasteiger partial charge in [-0.25, -0.2) is 0 Å². The first-order valence-electron chi connectivity index (χ1n) is 5.57. The molecule has 2 nitrogen and oxygen atoms in total. The van der Waals surface area contributed by atoms with Crippen LogP contribution in [0, 0.1) is 11.8 Å². The molecule has 1 fully saturated rings. The van der Waals surface area contributed by atoms with Crippen LogP contribution in [0.15, 0.2) is 24.3 Å². The van der Waals surface area contributed by atoms with Gasteiger partial charge in [0, 0.05) is 16.1 Å². The molecule has 3 heteroatoms. The Morgan fingerprint density at radius 3 is 2.93 bits per heavy atom.